The molecule has 0 saturated carbocycles. The Morgan fingerprint density at radius 1 is 1.61 bits per heavy atom. The van der Waals surface area contributed by atoms with Gasteiger partial charge < -0.3 is 15.1 Å². The van der Waals surface area contributed by atoms with Crippen molar-refractivity contribution >= 4 is 11.7 Å². The highest BCUT2D eigenvalue weighted by Crippen LogP contribution is 2.18. The van der Waals surface area contributed by atoms with Crippen molar-refractivity contribution in [3.05, 3.63) is 17.8 Å². The van der Waals surface area contributed by atoms with E-state index in [2.05, 4.69) is 15.6 Å². The fraction of sp³-hybridized carbons (Fsp3) is 0.545. The molecule has 1 atom stereocenters. The fourth-order valence-corrected chi connectivity index (χ4v) is 2.07. The molecule has 1 saturated heterocycles. The molecule has 0 aromatic carbocycles. The molecule has 2 heterocycles. The standard InChI is InChI=1S/C11H17N5O2/c1-18-7-8-4-5-16(6-8)11(17)9-2-3-10(13-12)15-14-9/h2-3,8H,4-7,12H2,1H3,(H,13,15). The average Bonchev–Trinajstić information content (AvgIpc) is 2.87. The topological polar surface area (TPSA) is 93.4 Å². The first-order chi connectivity index (χ1) is 8.74. The molecule has 7 nitrogen and oxygen atoms in total. The highest BCUT2D eigenvalue weighted by atomic mass is 16.5. The summed E-state index contributed by atoms with van der Waals surface area (Å²) in [6.07, 6.45) is 0.968. The van der Waals surface area contributed by atoms with E-state index in [1.165, 1.54) is 0 Å². The lowest BCUT2D eigenvalue weighted by atomic mass is 10.1. The fourth-order valence-electron chi connectivity index (χ4n) is 2.07. The predicted octanol–water partition coefficient (Wildman–Crippen LogP) is -0.129. The van der Waals surface area contributed by atoms with Gasteiger partial charge >= 0.3 is 0 Å². The number of likely N-dealkylation sites (tertiary alicyclic amines) is 1. The quantitative estimate of drug-likeness (QED) is 0.572. The number of carbonyl (C=O) groups excluding carboxylic acids is 1. The zero-order valence-electron chi connectivity index (χ0n) is 10.3. The molecule has 18 heavy (non-hydrogen) atoms. The van der Waals surface area contributed by atoms with Crippen LogP contribution in [0, 0.1) is 5.92 Å². The number of amides is 1. The van der Waals surface area contributed by atoms with E-state index in [1.807, 2.05) is 0 Å². The van der Waals surface area contributed by atoms with Crippen LogP contribution in [0.15, 0.2) is 12.1 Å². The van der Waals surface area contributed by atoms with E-state index in [0.29, 0.717) is 30.6 Å². The third-order valence-electron chi connectivity index (χ3n) is 3.01. The maximum absolute atomic E-state index is 12.1. The Bertz CT molecular complexity index is 408. The van der Waals surface area contributed by atoms with Crippen molar-refractivity contribution in [2.24, 2.45) is 11.8 Å². The molecular weight excluding hydrogens is 234 g/mol. The Kier molecular flexibility index (Phi) is 4.06. The molecule has 2 rings (SSSR count). The van der Waals surface area contributed by atoms with Crippen LogP contribution in [-0.4, -0.2) is 47.8 Å². The van der Waals surface area contributed by atoms with Gasteiger partial charge in [-0.3, -0.25) is 4.79 Å². The first kappa shape index (κ1) is 12.7. The largest absolute Gasteiger partial charge is 0.384 e. The van der Waals surface area contributed by atoms with Crippen LogP contribution < -0.4 is 11.3 Å². The SMILES string of the molecule is COCC1CCN(C(=O)c2ccc(NN)nn2)C1. The number of nitrogens with two attached hydrogens (primary N) is 1. The number of nitrogens with zero attached hydrogens (tertiary/aromatic N) is 3. The van der Waals surface area contributed by atoms with Crippen LogP contribution in [0.1, 0.15) is 16.9 Å². The molecule has 1 aliphatic heterocycles. The van der Waals surface area contributed by atoms with Crippen molar-refractivity contribution in [2.45, 2.75) is 6.42 Å². The minimum absolute atomic E-state index is 0.0929. The van der Waals surface area contributed by atoms with Crippen LogP contribution in [0.5, 0.6) is 0 Å². The van der Waals surface area contributed by atoms with E-state index in [1.54, 1.807) is 24.1 Å². The van der Waals surface area contributed by atoms with Crippen LogP contribution in [0.4, 0.5) is 5.82 Å². The van der Waals surface area contributed by atoms with E-state index in [4.69, 9.17) is 10.6 Å². The van der Waals surface area contributed by atoms with Gasteiger partial charge in [0.05, 0.1) is 6.61 Å². The lowest BCUT2D eigenvalue weighted by Crippen LogP contribution is -2.30. The molecule has 0 radical (unpaired) electrons. The van der Waals surface area contributed by atoms with Crippen molar-refractivity contribution < 1.29 is 9.53 Å². The Balaban J connectivity index is 1.98. The van der Waals surface area contributed by atoms with Gasteiger partial charge in [0.1, 0.15) is 0 Å². The van der Waals surface area contributed by atoms with Gasteiger partial charge in [-0.1, -0.05) is 0 Å². The highest BCUT2D eigenvalue weighted by molar-refractivity contribution is 5.92. The summed E-state index contributed by atoms with van der Waals surface area (Å²) >= 11 is 0. The number of ether oxygens (including phenoxy) is 1. The molecule has 0 bridgehead atoms. The molecule has 1 amide bonds. The van der Waals surface area contributed by atoms with E-state index in [-0.39, 0.29) is 5.91 Å². The number of anilines is 1. The molecule has 7 heteroatoms. The van der Waals surface area contributed by atoms with Crippen molar-refractivity contribution in [3.8, 4) is 0 Å². The van der Waals surface area contributed by atoms with Crippen molar-refractivity contribution in [1.29, 1.82) is 0 Å². The van der Waals surface area contributed by atoms with Gasteiger partial charge in [-0.05, 0) is 18.6 Å². The molecule has 98 valence electrons. The number of hydrogen-bond donors (Lipinski definition) is 2. The summed E-state index contributed by atoms with van der Waals surface area (Å²) in [5, 5.41) is 7.64. The molecule has 1 fully saturated rings. The second kappa shape index (κ2) is 5.74. The Morgan fingerprint density at radius 2 is 2.44 bits per heavy atom. The van der Waals surface area contributed by atoms with Crippen LogP contribution in [0.2, 0.25) is 0 Å². The Labute approximate surface area is 105 Å². The number of aromatic nitrogens is 2. The normalized spacial score (nSPS) is 19.0. The number of carbonyl (C=O) groups is 1. The monoisotopic (exact) mass is 251 g/mol. The van der Waals surface area contributed by atoms with Gasteiger partial charge in [-0.2, -0.15) is 0 Å². The first-order valence-corrected chi connectivity index (χ1v) is 5.83. The predicted molar refractivity (Wildman–Crippen MR) is 65.7 cm³/mol. The number of rotatable bonds is 4. The molecular formula is C11H17N5O2. The van der Waals surface area contributed by atoms with Crippen molar-refractivity contribution in [2.75, 3.05) is 32.2 Å². The third-order valence-corrected chi connectivity index (χ3v) is 3.01. The zero-order valence-corrected chi connectivity index (χ0v) is 10.3. The molecule has 1 unspecified atom stereocenters. The minimum atomic E-state index is -0.0929. The second-order valence-corrected chi connectivity index (χ2v) is 4.31. The molecule has 1 aliphatic rings. The maximum atomic E-state index is 12.1. The molecule has 0 spiro atoms. The highest BCUT2D eigenvalue weighted by Gasteiger charge is 2.27. The van der Waals surface area contributed by atoms with E-state index < -0.39 is 0 Å². The number of nitrogens with one attached hydrogen (secondary N) is 1. The lowest BCUT2D eigenvalue weighted by molar-refractivity contribution is 0.0768. The molecule has 0 aliphatic carbocycles. The Morgan fingerprint density at radius 3 is 3.06 bits per heavy atom. The number of nitrogen functional groups attached to an aromatic ring is 1. The summed E-state index contributed by atoms with van der Waals surface area (Å²) in [6, 6.07) is 3.25. The number of hydrazine groups is 1. The number of methoxy groups -OCH3 is 1. The van der Waals surface area contributed by atoms with Crippen molar-refractivity contribution in [1.82, 2.24) is 15.1 Å². The average molecular weight is 251 g/mol. The molecule has 1 aromatic rings. The summed E-state index contributed by atoms with van der Waals surface area (Å²) in [6.45, 7) is 2.14. The van der Waals surface area contributed by atoms with Crippen molar-refractivity contribution in [3.63, 3.8) is 0 Å². The maximum Gasteiger partial charge on any atom is 0.274 e. The van der Waals surface area contributed by atoms with Crippen LogP contribution in [0.25, 0.3) is 0 Å². The smallest absolute Gasteiger partial charge is 0.274 e. The third kappa shape index (κ3) is 2.74. The summed E-state index contributed by atoms with van der Waals surface area (Å²) in [7, 11) is 1.68. The van der Waals surface area contributed by atoms with Crippen LogP contribution in [-0.2, 0) is 4.74 Å². The van der Waals surface area contributed by atoms with Gasteiger partial charge in [0.25, 0.3) is 5.91 Å². The summed E-state index contributed by atoms with van der Waals surface area (Å²) in [4.78, 5) is 13.9. The van der Waals surface area contributed by atoms with Gasteiger partial charge in [-0.25, -0.2) is 5.84 Å². The van der Waals surface area contributed by atoms with Gasteiger partial charge in [0.15, 0.2) is 11.5 Å². The van der Waals surface area contributed by atoms with Crippen LogP contribution in [0.3, 0.4) is 0 Å². The van der Waals surface area contributed by atoms with Gasteiger partial charge in [0.2, 0.25) is 0 Å². The van der Waals surface area contributed by atoms with E-state index in [0.717, 1.165) is 13.0 Å². The first-order valence-electron chi connectivity index (χ1n) is 5.83. The summed E-state index contributed by atoms with van der Waals surface area (Å²) < 4.78 is 5.10. The van der Waals surface area contributed by atoms with Gasteiger partial charge in [0, 0.05) is 26.1 Å². The lowest BCUT2D eigenvalue weighted by Gasteiger charge is -2.15. The van der Waals surface area contributed by atoms with E-state index >= 15 is 0 Å². The van der Waals surface area contributed by atoms with E-state index in [9.17, 15) is 4.79 Å². The minimum Gasteiger partial charge on any atom is -0.384 e. The van der Waals surface area contributed by atoms with Crippen LogP contribution >= 0.6 is 0 Å². The summed E-state index contributed by atoms with van der Waals surface area (Å²) in [5.74, 6) is 5.94. The van der Waals surface area contributed by atoms with Gasteiger partial charge in [-0.15, -0.1) is 10.2 Å². The zero-order chi connectivity index (χ0) is 13.0. The molecule has 3 N–H and O–H groups in total. The molecule has 1 aromatic heterocycles. The Hall–Kier alpha value is -1.73. The summed E-state index contributed by atoms with van der Waals surface area (Å²) in [5.41, 5.74) is 2.71. The second-order valence-electron chi connectivity index (χ2n) is 4.31. The number of hydrogen-bond acceptors (Lipinski definition) is 6.